The summed E-state index contributed by atoms with van der Waals surface area (Å²) in [5.74, 6) is 1.52. The van der Waals surface area contributed by atoms with E-state index in [1.54, 1.807) is 6.20 Å². The minimum absolute atomic E-state index is 0.0254. The minimum atomic E-state index is -0.124. The van der Waals surface area contributed by atoms with Crippen LogP contribution in [0.5, 0.6) is 0 Å². The molecule has 1 unspecified atom stereocenters. The number of hydrogen-bond donors (Lipinski definition) is 2. The lowest BCUT2D eigenvalue weighted by molar-refractivity contribution is -0.119. The zero-order chi connectivity index (χ0) is 17.8. The Morgan fingerprint density at radius 1 is 1.36 bits per heavy atom. The first-order chi connectivity index (χ1) is 12.0. The summed E-state index contributed by atoms with van der Waals surface area (Å²) in [6.07, 6.45) is 5.90. The largest absolute Gasteiger partial charge is 0.345 e. The molecule has 0 saturated heterocycles. The van der Waals surface area contributed by atoms with Gasteiger partial charge in [0, 0.05) is 31.3 Å². The summed E-state index contributed by atoms with van der Waals surface area (Å²) >= 11 is 1.42. The van der Waals surface area contributed by atoms with Crippen molar-refractivity contribution in [1.82, 2.24) is 14.9 Å². The third kappa shape index (κ3) is 4.63. The third-order valence-corrected chi connectivity index (χ3v) is 5.18. The first-order valence-electron chi connectivity index (χ1n) is 8.30. The number of carbonyl (C=O) groups is 2. The standard InChI is InChI=1S/C18H22N4O2S/c1-12(23)20-14-5-3-4-6-15(14)25-11-16(24)21-17(13-7-8-13)18-19-9-10-22(18)2/h3-6,9-10,13,17H,7-8,11H2,1-2H3,(H,20,23)(H,21,24). The van der Waals surface area contributed by atoms with Crippen LogP contribution in [0.25, 0.3) is 0 Å². The highest BCUT2D eigenvalue weighted by Crippen LogP contribution is 2.40. The molecule has 132 valence electrons. The fourth-order valence-electron chi connectivity index (χ4n) is 2.74. The number of thioether (sulfide) groups is 1. The van der Waals surface area contributed by atoms with Gasteiger partial charge in [-0.05, 0) is 30.9 Å². The fraction of sp³-hybridized carbons (Fsp3) is 0.389. The number of carbonyl (C=O) groups excluding carboxylic acids is 2. The van der Waals surface area contributed by atoms with Crippen LogP contribution in [0.2, 0.25) is 0 Å². The number of amides is 2. The molecule has 1 atom stereocenters. The summed E-state index contributed by atoms with van der Waals surface area (Å²) in [5.41, 5.74) is 0.732. The lowest BCUT2D eigenvalue weighted by atomic mass is 10.1. The molecule has 1 aliphatic carbocycles. The van der Waals surface area contributed by atoms with E-state index < -0.39 is 0 Å². The lowest BCUT2D eigenvalue weighted by Crippen LogP contribution is -2.32. The highest BCUT2D eigenvalue weighted by atomic mass is 32.2. The number of benzene rings is 1. The second-order valence-electron chi connectivity index (χ2n) is 6.24. The van der Waals surface area contributed by atoms with Gasteiger partial charge in [0.05, 0.1) is 17.5 Å². The number of aryl methyl sites for hydroxylation is 1. The van der Waals surface area contributed by atoms with Gasteiger partial charge >= 0.3 is 0 Å². The summed E-state index contributed by atoms with van der Waals surface area (Å²) in [6, 6.07) is 7.47. The van der Waals surface area contributed by atoms with Crippen molar-refractivity contribution in [2.24, 2.45) is 13.0 Å². The quantitative estimate of drug-likeness (QED) is 0.746. The van der Waals surface area contributed by atoms with E-state index in [1.165, 1.54) is 18.7 Å². The van der Waals surface area contributed by atoms with Gasteiger partial charge in [-0.25, -0.2) is 4.98 Å². The topological polar surface area (TPSA) is 76.0 Å². The van der Waals surface area contributed by atoms with Crippen LogP contribution in [-0.4, -0.2) is 27.1 Å². The van der Waals surface area contributed by atoms with Gasteiger partial charge in [0.1, 0.15) is 5.82 Å². The Hall–Kier alpha value is -2.28. The number of anilines is 1. The van der Waals surface area contributed by atoms with Crippen molar-refractivity contribution < 1.29 is 9.59 Å². The van der Waals surface area contributed by atoms with E-state index in [0.29, 0.717) is 11.7 Å². The molecule has 6 nitrogen and oxygen atoms in total. The molecule has 2 N–H and O–H groups in total. The number of rotatable bonds is 7. The Morgan fingerprint density at radius 3 is 2.76 bits per heavy atom. The van der Waals surface area contributed by atoms with Gasteiger partial charge < -0.3 is 15.2 Å². The minimum Gasteiger partial charge on any atom is -0.345 e. The fourth-order valence-corrected chi connectivity index (χ4v) is 3.56. The molecule has 1 aromatic carbocycles. The summed E-state index contributed by atoms with van der Waals surface area (Å²) in [7, 11) is 1.95. The SMILES string of the molecule is CC(=O)Nc1ccccc1SCC(=O)NC(c1nccn1C)C1CC1. The molecule has 0 spiro atoms. The maximum absolute atomic E-state index is 12.4. The number of imidazole rings is 1. The van der Waals surface area contributed by atoms with E-state index in [1.807, 2.05) is 42.1 Å². The zero-order valence-corrected chi connectivity index (χ0v) is 15.2. The first kappa shape index (κ1) is 17.5. The van der Waals surface area contributed by atoms with Crippen LogP contribution in [0, 0.1) is 5.92 Å². The van der Waals surface area contributed by atoms with Crippen molar-refractivity contribution in [3.63, 3.8) is 0 Å². The molecule has 1 fully saturated rings. The van der Waals surface area contributed by atoms with Crippen molar-refractivity contribution in [2.45, 2.75) is 30.7 Å². The Labute approximate surface area is 151 Å². The van der Waals surface area contributed by atoms with Crippen molar-refractivity contribution in [1.29, 1.82) is 0 Å². The zero-order valence-electron chi connectivity index (χ0n) is 14.4. The van der Waals surface area contributed by atoms with E-state index in [-0.39, 0.29) is 17.9 Å². The van der Waals surface area contributed by atoms with Gasteiger partial charge in [-0.1, -0.05) is 12.1 Å². The third-order valence-electron chi connectivity index (χ3n) is 4.10. The summed E-state index contributed by atoms with van der Waals surface area (Å²) < 4.78 is 1.96. The molecule has 3 rings (SSSR count). The van der Waals surface area contributed by atoms with Gasteiger partial charge in [-0.3, -0.25) is 9.59 Å². The molecule has 2 amide bonds. The second-order valence-corrected chi connectivity index (χ2v) is 7.26. The molecule has 0 bridgehead atoms. The molecule has 7 heteroatoms. The second kappa shape index (κ2) is 7.74. The lowest BCUT2D eigenvalue weighted by Gasteiger charge is -2.18. The average Bonchev–Trinajstić information content (AvgIpc) is 3.33. The van der Waals surface area contributed by atoms with Crippen LogP contribution in [-0.2, 0) is 16.6 Å². The monoisotopic (exact) mass is 358 g/mol. The number of nitrogens with zero attached hydrogens (tertiary/aromatic N) is 2. The van der Waals surface area contributed by atoms with Crippen LogP contribution >= 0.6 is 11.8 Å². The number of hydrogen-bond acceptors (Lipinski definition) is 4. The van der Waals surface area contributed by atoms with Crippen molar-refractivity contribution in [2.75, 3.05) is 11.1 Å². The maximum Gasteiger partial charge on any atom is 0.230 e. The van der Waals surface area contributed by atoms with E-state index >= 15 is 0 Å². The van der Waals surface area contributed by atoms with Crippen molar-refractivity contribution >= 4 is 29.3 Å². The summed E-state index contributed by atoms with van der Waals surface area (Å²) in [6.45, 7) is 1.47. The molecule has 1 aliphatic rings. The molecule has 2 aromatic rings. The van der Waals surface area contributed by atoms with E-state index in [9.17, 15) is 9.59 Å². The predicted molar refractivity (Wildman–Crippen MR) is 98.3 cm³/mol. The molecule has 0 radical (unpaired) electrons. The predicted octanol–water partition coefficient (Wildman–Crippen LogP) is 2.74. The smallest absolute Gasteiger partial charge is 0.230 e. The molecular formula is C18H22N4O2S. The number of para-hydroxylation sites is 1. The van der Waals surface area contributed by atoms with E-state index in [0.717, 1.165) is 29.2 Å². The van der Waals surface area contributed by atoms with Crippen LogP contribution in [0.1, 0.15) is 31.6 Å². The van der Waals surface area contributed by atoms with Crippen LogP contribution in [0.4, 0.5) is 5.69 Å². The Balaban J connectivity index is 1.61. The van der Waals surface area contributed by atoms with E-state index in [2.05, 4.69) is 15.6 Å². The average molecular weight is 358 g/mol. The van der Waals surface area contributed by atoms with Gasteiger partial charge in [0.25, 0.3) is 0 Å². The van der Waals surface area contributed by atoms with Crippen LogP contribution < -0.4 is 10.6 Å². The number of nitrogens with one attached hydrogen (secondary N) is 2. The Bertz CT molecular complexity index is 770. The molecule has 1 heterocycles. The van der Waals surface area contributed by atoms with E-state index in [4.69, 9.17) is 0 Å². The molecule has 25 heavy (non-hydrogen) atoms. The van der Waals surface area contributed by atoms with Gasteiger partial charge in [0.15, 0.2) is 0 Å². The summed E-state index contributed by atoms with van der Waals surface area (Å²) in [5, 5.41) is 5.91. The summed E-state index contributed by atoms with van der Waals surface area (Å²) in [4.78, 5) is 29.0. The van der Waals surface area contributed by atoms with Crippen LogP contribution in [0.15, 0.2) is 41.6 Å². The van der Waals surface area contributed by atoms with Gasteiger partial charge in [0.2, 0.25) is 11.8 Å². The van der Waals surface area contributed by atoms with Gasteiger partial charge in [-0.15, -0.1) is 11.8 Å². The molecule has 1 saturated carbocycles. The maximum atomic E-state index is 12.4. The van der Waals surface area contributed by atoms with Crippen molar-refractivity contribution in [3.05, 3.63) is 42.5 Å². The van der Waals surface area contributed by atoms with Crippen LogP contribution in [0.3, 0.4) is 0 Å². The highest BCUT2D eigenvalue weighted by Gasteiger charge is 2.35. The molecule has 1 aromatic heterocycles. The molecular weight excluding hydrogens is 336 g/mol. The normalized spacial score (nSPS) is 14.8. The van der Waals surface area contributed by atoms with Gasteiger partial charge in [-0.2, -0.15) is 0 Å². The number of aromatic nitrogens is 2. The first-order valence-corrected chi connectivity index (χ1v) is 9.29. The van der Waals surface area contributed by atoms with Crippen molar-refractivity contribution in [3.8, 4) is 0 Å². The Kier molecular flexibility index (Phi) is 5.43. The molecule has 0 aliphatic heterocycles. The Morgan fingerprint density at radius 2 is 2.12 bits per heavy atom. The highest BCUT2D eigenvalue weighted by molar-refractivity contribution is 8.00.